The van der Waals surface area contributed by atoms with Crippen LogP contribution in [0, 0.1) is 0 Å². The lowest BCUT2D eigenvalue weighted by Gasteiger charge is -2.23. The molecule has 0 saturated heterocycles. The second kappa shape index (κ2) is 9.70. The number of carboxylic acids is 1. The molecule has 0 spiro atoms. The van der Waals surface area contributed by atoms with Crippen molar-refractivity contribution in [2.75, 3.05) is 26.3 Å². The van der Waals surface area contributed by atoms with E-state index in [2.05, 4.69) is 10.1 Å². The topological polar surface area (TPSA) is 125 Å². The molecule has 0 fully saturated rings. The van der Waals surface area contributed by atoms with E-state index in [-0.39, 0.29) is 5.91 Å². The Morgan fingerprint density at radius 3 is 2.19 bits per heavy atom. The minimum Gasteiger partial charge on any atom is -0.480 e. The molecule has 4 amide bonds. The molecule has 9 heteroatoms. The molecule has 0 rings (SSSR count). The number of carbonyl (C=O) groups is 4. The molecule has 0 aromatic rings. The summed E-state index contributed by atoms with van der Waals surface area (Å²) in [4.78, 5) is 46.3. The number of aliphatic carboxylic acids is 1. The fourth-order valence-corrected chi connectivity index (χ4v) is 1.50. The van der Waals surface area contributed by atoms with Crippen LogP contribution in [0.2, 0.25) is 0 Å². The highest BCUT2D eigenvalue weighted by atomic mass is 16.5. The number of nitrogens with one attached hydrogen (secondary N) is 2. The van der Waals surface area contributed by atoms with Crippen LogP contribution in [0.4, 0.5) is 4.79 Å². The van der Waals surface area contributed by atoms with Crippen molar-refractivity contribution in [3.05, 3.63) is 0 Å². The van der Waals surface area contributed by atoms with Crippen molar-refractivity contribution in [3.63, 3.8) is 0 Å². The molecule has 9 nitrogen and oxygen atoms in total. The van der Waals surface area contributed by atoms with Crippen LogP contribution < -0.4 is 10.6 Å². The Kier molecular flexibility index (Phi) is 8.70. The summed E-state index contributed by atoms with van der Waals surface area (Å²) < 4.78 is 4.52. The van der Waals surface area contributed by atoms with Crippen molar-refractivity contribution < 1.29 is 29.0 Å². The summed E-state index contributed by atoms with van der Waals surface area (Å²) >= 11 is 0. The number of urea groups is 1. The van der Waals surface area contributed by atoms with Gasteiger partial charge in [-0.3, -0.25) is 14.9 Å². The first-order chi connectivity index (χ1) is 9.81. The maximum atomic E-state index is 11.9. The zero-order chi connectivity index (χ0) is 16.4. The number of amides is 4. The molecular weight excluding hydrogens is 282 g/mol. The molecule has 0 aliphatic carbocycles. The normalized spacial score (nSPS) is 11.4. The van der Waals surface area contributed by atoms with E-state index in [1.54, 1.807) is 4.90 Å². The number of rotatable bonds is 8. The average Bonchev–Trinajstić information content (AvgIpc) is 2.38. The number of nitrogens with zero attached hydrogens (tertiary/aromatic N) is 1. The van der Waals surface area contributed by atoms with Crippen molar-refractivity contribution >= 4 is 23.8 Å². The molecule has 120 valence electrons. The van der Waals surface area contributed by atoms with Gasteiger partial charge < -0.3 is 20.1 Å². The molecule has 0 aliphatic rings. The fraction of sp³-hybridized carbons (Fsp3) is 0.667. The van der Waals surface area contributed by atoms with Crippen molar-refractivity contribution in [2.45, 2.75) is 26.8 Å². The van der Waals surface area contributed by atoms with Crippen LogP contribution in [-0.2, 0) is 19.1 Å². The molecule has 0 aromatic heterocycles. The van der Waals surface area contributed by atoms with Crippen LogP contribution in [0.3, 0.4) is 0 Å². The number of carboxylic acid groups (broad SMARTS) is 1. The largest absolute Gasteiger partial charge is 0.480 e. The van der Waals surface area contributed by atoms with E-state index >= 15 is 0 Å². The number of hydrogen-bond donors (Lipinski definition) is 3. The molecule has 0 heterocycles. The predicted molar refractivity (Wildman–Crippen MR) is 72.5 cm³/mol. The van der Waals surface area contributed by atoms with Crippen LogP contribution in [0.5, 0.6) is 0 Å². The van der Waals surface area contributed by atoms with Gasteiger partial charge in [-0.15, -0.1) is 0 Å². The van der Waals surface area contributed by atoms with Gasteiger partial charge in [0.05, 0.1) is 0 Å². The minimum atomic E-state index is -1.22. The van der Waals surface area contributed by atoms with E-state index in [0.29, 0.717) is 13.1 Å². The van der Waals surface area contributed by atoms with E-state index in [1.807, 2.05) is 19.2 Å². The van der Waals surface area contributed by atoms with Crippen molar-refractivity contribution in [1.82, 2.24) is 15.5 Å². The summed E-state index contributed by atoms with van der Waals surface area (Å²) in [5, 5.41) is 12.6. The Morgan fingerprint density at radius 1 is 1.14 bits per heavy atom. The van der Waals surface area contributed by atoms with Gasteiger partial charge in [-0.1, -0.05) is 0 Å². The van der Waals surface area contributed by atoms with Crippen LogP contribution in [0.25, 0.3) is 0 Å². The van der Waals surface area contributed by atoms with Gasteiger partial charge in [0.1, 0.15) is 19.3 Å². The van der Waals surface area contributed by atoms with Gasteiger partial charge in [0.15, 0.2) is 0 Å². The quantitative estimate of drug-likeness (QED) is 0.537. The van der Waals surface area contributed by atoms with Gasteiger partial charge in [0, 0.05) is 13.1 Å². The SMILES string of the molecule is CCN(CC)C(=O)C(C)NC(=O)NC(=O)COCC(=O)O. The smallest absolute Gasteiger partial charge is 0.329 e. The van der Waals surface area contributed by atoms with Gasteiger partial charge in [0.2, 0.25) is 5.91 Å². The minimum absolute atomic E-state index is 0.260. The van der Waals surface area contributed by atoms with Gasteiger partial charge in [-0.2, -0.15) is 0 Å². The number of hydrogen-bond acceptors (Lipinski definition) is 5. The molecule has 0 saturated carbocycles. The van der Waals surface area contributed by atoms with Crippen LogP contribution in [0.1, 0.15) is 20.8 Å². The standard InChI is InChI=1S/C12H21N3O6/c1-4-15(5-2)11(19)8(3)13-12(20)14-9(16)6-21-7-10(17)18/h8H,4-7H2,1-3H3,(H,17,18)(H2,13,14,16,20). The van der Waals surface area contributed by atoms with Gasteiger partial charge in [-0.25, -0.2) is 9.59 Å². The maximum Gasteiger partial charge on any atom is 0.329 e. The number of imide groups is 1. The summed E-state index contributed by atoms with van der Waals surface area (Å²) in [6.45, 7) is 4.99. The monoisotopic (exact) mass is 303 g/mol. The zero-order valence-electron chi connectivity index (χ0n) is 12.3. The first-order valence-corrected chi connectivity index (χ1v) is 6.50. The third-order valence-electron chi connectivity index (χ3n) is 2.50. The van der Waals surface area contributed by atoms with Gasteiger partial charge in [-0.05, 0) is 20.8 Å². The predicted octanol–water partition coefficient (Wildman–Crippen LogP) is -0.830. The third-order valence-corrected chi connectivity index (χ3v) is 2.50. The average molecular weight is 303 g/mol. The van der Waals surface area contributed by atoms with Crippen molar-refractivity contribution in [3.8, 4) is 0 Å². The zero-order valence-corrected chi connectivity index (χ0v) is 12.3. The Morgan fingerprint density at radius 2 is 1.71 bits per heavy atom. The molecule has 0 radical (unpaired) electrons. The molecule has 21 heavy (non-hydrogen) atoms. The first kappa shape index (κ1) is 18.8. The third kappa shape index (κ3) is 7.88. The van der Waals surface area contributed by atoms with Crippen LogP contribution in [-0.4, -0.2) is 66.2 Å². The van der Waals surface area contributed by atoms with Gasteiger partial charge >= 0.3 is 12.0 Å². The Bertz CT molecular complexity index is 394. The molecule has 0 bridgehead atoms. The summed E-state index contributed by atoms with van der Waals surface area (Å²) in [6, 6.07) is -1.62. The van der Waals surface area contributed by atoms with E-state index < -0.39 is 37.2 Å². The van der Waals surface area contributed by atoms with Crippen LogP contribution >= 0.6 is 0 Å². The number of carbonyl (C=O) groups excluding carboxylic acids is 3. The Hall–Kier alpha value is -2.16. The summed E-state index contributed by atoms with van der Waals surface area (Å²) in [6.07, 6.45) is 0. The van der Waals surface area contributed by atoms with Gasteiger partial charge in [0.25, 0.3) is 5.91 Å². The molecule has 0 aliphatic heterocycles. The lowest BCUT2D eigenvalue weighted by atomic mass is 10.3. The van der Waals surface area contributed by atoms with E-state index in [1.165, 1.54) is 6.92 Å². The summed E-state index contributed by atoms with van der Waals surface area (Å²) in [5.74, 6) is -2.27. The second-order valence-electron chi connectivity index (χ2n) is 4.14. The maximum absolute atomic E-state index is 11.9. The van der Waals surface area contributed by atoms with E-state index in [9.17, 15) is 19.2 Å². The molecule has 1 unspecified atom stereocenters. The number of likely N-dealkylation sites (N-methyl/N-ethyl adjacent to an activating group) is 1. The lowest BCUT2D eigenvalue weighted by molar-refractivity contribution is -0.143. The molecule has 3 N–H and O–H groups in total. The van der Waals surface area contributed by atoms with Crippen molar-refractivity contribution in [2.24, 2.45) is 0 Å². The molecule has 1 atom stereocenters. The highest BCUT2D eigenvalue weighted by molar-refractivity contribution is 5.96. The lowest BCUT2D eigenvalue weighted by Crippen LogP contribution is -2.51. The Labute approximate surface area is 122 Å². The highest BCUT2D eigenvalue weighted by Crippen LogP contribution is 1.94. The second-order valence-corrected chi connectivity index (χ2v) is 4.14. The van der Waals surface area contributed by atoms with E-state index in [0.717, 1.165) is 0 Å². The molecule has 0 aromatic carbocycles. The highest BCUT2D eigenvalue weighted by Gasteiger charge is 2.20. The summed E-state index contributed by atoms with van der Waals surface area (Å²) in [7, 11) is 0. The van der Waals surface area contributed by atoms with E-state index in [4.69, 9.17) is 5.11 Å². The summed E-state index contributed by atoms with van der Waals surface area (Å²) in [5.41, 5.74) is 0. The Balaban J connectivity index is 4.15. The fourth-order valence-electron chi connectivity index (χ4n) is 1.50. The number of ether oxygens (including phenoxy) is 1. The first-order valence-electron chi connectivity index (χ1n) is 6.50. The molecular formula is C12H21N3O6. The van der Waals surface area contributed by atoms with Crippen LogP contribution in [0.15, 0.2) is 0 Å². The van der Waals surface area contributed by atoms with Crippen molar-refractivity contribution in [1.29, 1.82) is 0 Å².